The van der Waals surface area contributed by atoms with E-state index >= 15 is 0 Å². The van der Waals surface area contributed by atoms with Crippen LogP contribution in [0.25, 0.3) is 5.65 Å². The lowest BCUT2D eigenvalue weighted by Gasteiger charge is -2.14. The van der Waals surface area contributed by atoms with E-state index < -0.39 is 16.7 Å². The highest BCUT2D eigenvalue weighted by Crippen LogP contribution is 2.30. The van der Waals surface area contributed by atoms with E-state index in [9.17, 15) is 23.3 Å². The van der Waals surface area contributed by atoms with Crippen LogP contribution in [0.4, 0.5) is 30.6 Å². The fraction of sp³-hybridized carbons (Fsp3) is 0.353. The molecule has 2 atom stereocenters. The van der Waals surface area contributed by atoms with Gasteiger partial charge in [-0.05, 0) is 37.5 Å². The van der Waals surface area contributed by atoms with Crippen molar-refractivity contribution in [3.8, 4) is 0 Å². The average molecular weight is 407 g/mol. The second-order valence-corrected chi connectivity index (χ2v) is 6.81. The van der Waals surface area contributed by atoms with E-state index in [0.717, 1.165) is 31.4 Å². The highest BCUT2D eigenvalue weighted by Gasteiger charge is 2.31. The number of alkyl halides is 3. The number of hydrogen-bond donors (Lipinski definition) is 2. The maximum absolute atomic E-state index is 12.8. The number of pyridine rings is 2. The minimum Gasteiger partial charge on any atom is -0.367 e. The van der Waals surface area contributed by atoms with Crippen LogP contribution in [0.15, 0.2) is 36.7 Å². The van der Waals surface area contributed by atoms with Crippen LogP contribution in [0.2, 0.25) is 0 Å². The predicted octanol–water partition coefficient (Wildman–Crippen LogP) is 3.50. The normalized spacial score (nSPS) is 19.4. The molecule has 0 aliphatic heterocycles. The Morgan fingerprint density at radius 3 is 2.59 bits per heavy atom. The summed E-state index contributed by atoms with van der Waals surface area (Å²) in [6, 6.07) is 5.01. The number of fused-ring (bicyclic) bond motifs is 1. The topological polar surface area (TPSA) is 110 Å². The zero-order chi connectivity index (χ0) is 20.6. The molecule has 12 heteroatoms. The molecule has 1 fully saturated rings. The number of halogens is 3. The molecule has 9 nitrogen and oxygen atoms in total. The van der Waals surface area contributed by atoms with Crippen LogP contribution in [0.3, 0.4) is 0 Å². The first-order chi connectivity index (χ1) is 13.8. The second-order valence-electron chi connectivity index (χ2n) is 6.81. The van der Waals surface area contributed by atoms with Crippen LogP contribution in [0.5, 0.6) is 0 Å². The first-order valence-electron chi connectivity index (χ1n) is 8.85. The molecular weight excluding hydrogens is 391 g/mol. The molecule has 1 aliphatic rings. The summed E-state index contributed by atoms with van der Waals surface area (Å²) >= 11 is 0. The van der Waals surface area contributed by atoms with Crippen molar-refractivity contribution in [2.75, 3.05) is 10.6 Å². The summed E-state index contributed by atoms with van der Waals surface area (Å²) in [4.78, 5) is 18.3. The lowest BCUT2D eigenvalue weighted by Crippen LogP contribution is -2.21. The number of anilines is 2. The average Bonchev–Trinajstić information content (AvgIpc) is 3.27. The Balaban J connectivity index is 1.37. The third-order valence-corrected chi connectivity index (χ3v) is 4.74. The van der Waals surface area contributed by atoms with Crippen molar-refractivity contribution in [1.29, 1.82) is 0 Å². The number of aromatic nitrogens is 4. The Morgan fingerprint density at radius 2 is 1.93 bits per heavy atom. The van der Waals surface area contributed by atoms with E-state index in [-0.39, 0.29) is 29.4 Å². The number of nitrogens with zero attached hydrogens (tertiary/aromatic N) is 5. The summed E-state index contributed by atoms with van der Waals surface area (Å²) in [5, 5.41) is 21.2. The van der Waals surface area contributed by atoms with Crippen LogP contribution < -0.4 is 10.6 Å². The van der Waals surface area contributed by atoms with Gasteiger partial charge in [0.1, 0.15) is 12.0 Å². The van der Waals surface area contributed by atoms with Gasteiger partial charge in [0.25, 0.3) is 5.69 Å². The smallest absolute Gasteiger partial charge is 0.367 e. The number of nitrogens with one attached hydrogen (secondary N) is 2. The maximum Gasteiger partial charge on any atom is 0.416 e. The van der Waals surface area contributed by atoms with Crippen molar-refractivity contribution in [3.05, 3.63) is 52.3 Å². The molecule has 1 aliphatic carbocycles. The minimum absolute atomic E-state index is 0.0463. The summed E-state index contributed by atoms with van der Waals surface area (Å²) in [6.45, 7) is 0. The standard InChI is InChI=1S/C17H16F3N7O2/c18-17(19,20)10-5-6-26-15(7-10)24-16(25-26)23-12-2-1-11(8-12)22-14-4-3-13(9-21-14)27(28)29/h3-7,9,11-12H,1-2,8H2,(H,21,22)(H,23,25)/t11-,12-/m0/s1. The van der Waals surface area contributed by atoms with Gasteiger partial charge < -0.3 is 10.6 Å². The van der Waals surface area contributed by atoms with Gasteiger partial charge in [-0.1, -0.05) is 0 Å². The van der Waals surface area contributed by atoms with Gasteiger partial charge in [-0.2, -0.15) is 18.2 Å². The molecule has 2 N–H and O–H groups in total. The first kappa shape index (κ1) is 18.9. The van der Waals surface area contributed by atoms with Gasteiger partial charge in [-0.25, -0.2) is 9.50 Å². The molecule has 3 aromatic rings. The van der Waals surface area contributed by atoms with E-state index in [4.69, 9.17) is 0 Å². The highest BCUT2D eigenvalue weighted by molar-refractivity contribution is 5.47. The van der Waals surface area contributed by atoms with Crippen LogP contribution in [-0.4, -0.2) is 36.6 Å². The Bertz CT molecular complexity index is 1040. The molecule has 0 bridgehead atoms. The highest BCUT2D eigenvalue weighted by atomic mass is 19.4. The Labute approximate surface area is 162 Å². The number of nitro groups is 1. The third-order valence-electron chi connectivity index (χ3n) is 4.74. The first-order valence-corrected chi connectivity index (χ1v) is 8.85. The van der Waals surface area contributed by atoms with Gasteiger partial charge in [0.2, 0.25) is 5.95 Å². The van der Waals surface area contributed by atoms with Gasteiger partial charge in [0.05, 0.1) is 10.5 Å². The van der Waals surface area contributed by atoms with Crippen LogP contribution in [0.1, 0.15) is 24.8 Å². The molecule has 0 aromatic carbocycles. The molecule has 0 amide bonds. The largest absolute Gasteiger partial charge is 0.416 e. The molecule has 3 heterocycles. The lowest BCUT2D eigenvalue weighted by atomic mass is 10.2. The summed E-state index contributed by atoms with van der Waals surface area (Å²) < 4.78 is 39.7. The second kappa shape index (κ2) is 7.18. The van der Waals surface area contributed by atoms with Crippen molar-refractivity contribution in [2.24, 2.45) is 0 Å². The molecule has 0 spiro atoms. The fourth-order valence-electron chi connectivity index (χ4n) is 3.33. The van der Waals surface area contributed by atoms with Crippen molar-refractivity contribution in [2.45, 2.75) is 37.5 Å². The molecule has 4 rings (SSSR count). The summed E-state index contributed by atoms with van der Waals surface area (Å²) in [7, 11) is 0. The van der Waals surface area contributed by atoms with Gasteiger partial charge in [-0.3, -0.25) is 10.1 Å². The van der Waals surface area contributed by atoms with E-state index in [0.29, 0.717) is 5.82 Å². The molecule has 152 valence electrons. The van der Waals surface area contributed by atoms with Crippen molar-refractivity contribution < 1.29 is 18.1 Å². The summed E-state index contributed by atoms with van der Waals surface area (Å²) in [6.07, 6.45) is 0.369. The van der Waals surface area contributed by atoms with Crippen molar-refractivity contribution in [1.82, 2.24) is 19.6 Å². The summed E-state index contributed by atoms with van der Waals surface area (Å²) in [5.41, 5.74) is -0.733. The van der Waals surface area contributed by atoms with Crippen molar-refractivity contribution >= 4 is 23.1 Å². The SMILES string of the molecule is O=[N+]([O-])c1ccc(N[C@H]2CC[C@H](Nc3nc4cc(C(F)(F)F)ccn4n3)C2)nc1. The molecule has 29 heavy (non-hydrogen) atoms. The van der Waals surface area contributed by atoms with E-state index in [1.54, 1.807) is 6.07 Å². The van der Waals surface area contributed by atoms with Crippen molar-refractivity contribution in [3.63, 3.8) is 0 Å². The molecule has 1 saturated carbocycles. The Hall–Kier alpha value is -3.44. The third kappa shape index (κ3) is 4.20. The van der Waals surface area contributed by atoms with Crippen LogP contribution >= 0.6 is 0 Å². The van der Waals surface area contributed by atoms with Gasteiger partial charge in [0.15, 0.2) is 5.65 Å². The van der Waals surface area contributed by atoms with E-state index in [1.807, 2.05) is 0 Å². The monoisotopic (exact) mass is 407 g/mol. The zero-order valence-electron chi connectivity index (χ0n) is 14.9. The molecule has 0 unspecified atom stereocenters. The quantitative estimate of drug-likeness (QED) is 0.492. The molecular formula is C17H16F3N7O2. The minimum atomic E-state index is -4.43. The lowest BCUT2D eigenvalue weighted by molar-refractivity contribution is -0.385. The number of hydrogen-bond acceptors (Lipinski definition) is 7. The van der Waals surface area contributed by atoms with Gasteiger partial charge >= 0.3 is 6.18 Å². The summed E-state index contributed by atoms with van der Waals surface area (Å²) in [5.74, 6) is 0.815. The van der Waals surface area contributed by atoms with Crippen LogP contribution in [0, 0.1) is 10.1 Å². The molecule has 0 saturated heterocycles. The molecule has 3 aromatic heterocycles. The van der Waals surface area contributed by atoms with Crippen LogP contribution in [-0.2, 0) is 6.18 Å². The number of rotatable bonds is 5. The fourth-order valence-corrected chi connectivity index (χ4v) is 3.33. The Kier molecular flexibility index (Phi) is 4.68. The van der Waals surface area contributed by atoms with Gasteiger partial charge in [-0.15, -0.1) is 5.10 Å². The van der Waals surface area contributed by atoms with E-state index in [2.05, 4.69) is 25.7 Å². The van der Waals surface area contributed by atoms with Gasteiger partial charge in [0, 0.05) is 24.3 Å². The zero-order valence-corrected chi connectivity index (χ0v) is 14.9. The van der Waals surface area contributed by atoms with E-state index in [1.165, 1.54) is 23.0 Å². The molecule has 0 radical (unpaired) electrons. The predicted molar refractivity (Wildman–Crippen MR) is 97.6 cm³/mol. The Morgan fingerprint density at radius 1 is 1.17 bits per heavy atom. The maximum atomic E-state index is 12.8.